The maximum atomic E-state index is 12.9. The first kappa shape index (κ1) is 18.6. The van der Waals surface area contributed by atoms with Gasteiger partial charge in [-0.15, -0.1) is 0 Å². The van der Waals surface area contributed by atoms with E-state index in [2.05, 4.69) is 15.4 Å². The number of rotatable bonds is 5. The summed E-state index contributed by atoms with van der Waals surface area (Å²) in [5.41, 5.74) is 2.97. The summed E-state index contributed by atoms with van der Waals surface area (Å²) < 4.78 is 3.17. The molecule has 0 radical (unpaired) electrons. The third kappa shape index (κ3) is 3.80. The van der Waals surface area contributed by atoms with Gasteiger partial charge in [-0.05, 0) is 43.7 Å². The van der Waals surface area contributed by atoms with Crippen molar-refractivity contribution >= 4 is 22.6 Å². The largest absolute Gasteiger partial charge is 0.326 e. The topological polar surface area (TPSA) is 81.8 Å². The number of aryl methyl sites for hydroxylation is 2. The van der Waals surface area contributed by atoms with Gasteiger partial charge in [0.2, 0.25) is 5.91 Å². The van der Waals surface area contributed by atoms with Crippen LogP contribution in [-0.2, 0) is 11.3 Å². The van der Waals surface area contributed by atoms with Crippen molar-refractivity contribution in [3.8, 4) is 5.69 Å². The van der Waals surface area contributed by atoms with Crippen LogP contribution in [0.25, 0.3) is 16.7 Å². The number of para-hydroxylation sites is 1. The summed E-state index contributed by atoms with van der Waals surface area (Å²) in [6.07, 6.45) is 1.70. The van der Waals surface area contributed by atoms with Crippen molar-refractivity contribution in [2.75, 3.05) is 5.32 Å². The maximum absolute atomic E-state index is 12.9. The second-order valence-electron chi connectivity index (χ2n) is 6.91. The summed E-state index contributed by atoms with van der Waals surface area (Å²) in [5, 5.41) is 7.62. The van der Waals surface area contributed by atoms with Gasteiger partial charge in [-0.3, -0.25) is 14.2 Å². The van der Waals surface area contributed by atoms with Crippen molar-refractivity contribution in [1.82, 2.24) is 19.3 Å². The van der Waals surface area contributed by atoms with E-state index in [-0.39, 0.29) is 24.4 Å². The van der Waals surface area contributed by atoms with E-state index >= 15 is 0 Å². The first-order chi connectivity index (χ1) is 14.0. The van der Waals surface area contributed by atoms with Crippen LogP contribution in [-0.4, -0.2) is 25.2 Å². The molecule has 2 aromatic heterocycles. The van der Waals surface area contributed by atoms with Gasteiger partial charge in [0.15, 0.2) is 5.65 Å². The fourth-order valence-electron chi connectivity index (χ4n) is 3.29. The summed E-state index contributed by atoms with van der Waals surface area (Å²) in [7, 11) is 0. The minimum absolute atomic E-state index is 0.151. The Morgan fingerprint density at radius 3 is 2.62 bits per heavy atom. The predicted octanol–water partition coefficient (Wildman–Crippen LogP) is 3.23. The molecule has 0 aliphatic carbocycles. The molecule has 0 saturated heterocycles. The molecule has 4 aromatic rings. The minimum atomic E-state index is -0.196. The molecule has 4 rings (SSSR count). The predicted molar refractivity (Wildman–Crippen MR) is 112 cm³/mol. The number of carbonyl (C=O) groups is 1. The van der Waals surface area contributed by atoms with Crippen molar-refractivity contribution in [3.05, 3.63) is 82.5 Å². The van der Waals surface area contributed by atoms with E-state index in [0.29, 0.717) is 16.9 Å². The molecule has 0 spiro atoms. The zero-order valence-electron chi connectivity index (χ0n) is 16.3. The van der Waals surface area contributed by atoms with Gasteiger partial charge in [-0.25, -0.2) is 9.67 Å². The number of benzene rings is 2. The lowest BCUT2D eigenvalue weighted by Crippen LogP contribution is -2.26. The smallest absolute Gasteiger partial charge is 0.264 e. The average molecular weight is 387 g/mol. The van der Waals surface area contributed by atoms with Gasteiger partial charge in [-0.2, -0.15) is 5.10 Å². The van der Waals surface area contributed by atoms with E-state index in [1.165, 1.54) is 10.8 Å². The first-order valence-corrected chi connectivity index (χ1v) is 9.40. The lowest BCUT2D eigenvalue weighted by atomic mass is 10.2. The maximum Gasteiger partial charge on any atom is 0.264 e. The molecule has 1 amide bonds. The first-order valence-electron chi connectivity index (χ1n) is 9.40. The van der Waals surface area contributed by atoms with Gasteiger partial charge in [0.1, 0.15) is 11.2 Å². The van der Waals surface area contributed by atoms with Crippen molar-refractivity contribution in [2.45, 2.75) is 26.8 Å². The van der Waals surface area contributed by atoms with E-state index in [0.717, 1.165) is 16.9 Å². The van der Waals surface area contributed by atoms with Gasteiger partial charge in [0, 0.05) is 18.7 Å². The van der Waals surface area contributed by atoms with E-state index in [1.54, 1.807) is 11.6 Å². The standard InChI is InChI=1S/C22H21N5O2/c1-15-7-6-8-17(13-15)25-20(28)11-12-26-16(2)24-21-19(22(26)29)14-23-27(21)18-9-4-3-5-10-18/h3-10,13-14H,11-12H2,1-2H3,(H,25,28). The third-order valence-corrected chi connectivity index (χ3v) is 4.74. The third-order valence-electron chi connectivity index (χ3n) is 4.74. The Morgan fingerprint density at radius 1 is 1.07 bits per heavy atom. The van der Waals surface area contributed by atoms with Crippen molar-refractivity contribution in [2.24, 2.45) is 0 Å². The molecule has 0 aliphatic heterocycles. The molecule has 1 N–H and O–H groups in total. The Morgan fingerprint density at radius 2 is 1.86 bits per heavy atom. The highest BCUT2D eigenvalue weighted by atomic mass is 16.2. The molecule has 0 aliphatic rings. The number of aromatic nitrogens is 4. The van der Waals surface area contributed by atoms with Gasteiger partial charge in [0.25, 0.3) is 5.56 Å². The van der Waals surface area contributed by atoms with Gasteiger partial charge >= 0.3 is 0 Å². The Bertz CT molecular complexity index is 1240. The number of hydrogen-bond acceptors (Lipinski definition) is 4. The van der Waals surface area contributed by atoms with Crippen LogP contribution in [0.15, 0.2) is 65.6 Å². The average Bonchev–Trinajstić information content (AvgIpc) is 3.12. The quantitative estimate of drug-likeness (QED) is 0.570. The molecule has 0 unspecified atom stereocenters. The van der Waals surface area contributed by atoms with Crippen LogP contribution in [0.5, 0.6) is 0 Å². The highest BCUT2D eigenvalue weighted by Crippen LogP contribution is 2.15. The molecular formula is C22H21N5O2. The van der Waals surface area contributed by atoms with Crippen LogP contribution in [0.1, 0.15) is 17.8 Å². The number of amides is 1. The number of fused-ring (bicyclic) bond motifs is 1. The second-order valence-corrected chi connectivity index (χ2v) is 6.91. The number of carbonyl (C=O) groups excluding carboxylic acids is 1. The molecule has 7 heteroatoms. The minimum Gasteiger partial charge on any atom is -0.326 e. The van der Waals surface area contributed by atoms with Gasteiger partial charge < -0.3 is 5.32 Å². The Kier molecular flexibility index (Phi) is 4.95. The van der Waals surface area contributed by atoms with E-state index in [4.69, 9.17) is 0 Å². The Balaban J connectivity index is 1.57. The number of anilines is 1. The van der Waals surface area contributed by atoms with Crippen LogP contribution < -0.4 is 10.9 Å². The monoisotopic (exact) mass is 387 g/mol. The van der Waals surface area contributed by atoms with Gasteiger partial charge in [-0.1, -0.05) is 30.3 Å². The number of hydrogen-bond donors (Lipinski definition) is 1. The van der Waals surface area contributed by atoms with Crippen LogP contribution in [0.4, 0.5) is 5.69 Å². The number of nitrogens with zero attached hydrogens (tertiary/aromatic N) is 4. The van der Waals surface area contributed by atoms with Crippen molar-refractivity contribution in [3.63, 3.8) is 0 Å². The molecule has 7 nitrogen and oxygen atoms in total. The van der Waals surface area contributed by atoms with Gasteiger partial charge in [0.05, 0.1) is 11.9 Å². The van der Waals surface area contributed by atoms with Crippen LogP contribution in [0.2, 0.25) is 0 Å². The fraction of sp³-hybridized carbons (Fsp3) is 0.182. The summed E-state index contributed by atoms with van der Waals surface area (Å²) in [5.74, 6) is 0.394. The molecule has 2 heterocycles. The summed E-state index contributed by atoms with van der Waals surface area (Å²) in [6.45, 7) is 3.98. The SMILES string of the molecule is Cc1cccc(NC(=O)CCn2c(C)nc3c(cnn3-c3ccccc3)c2=O)c1. The normalized spacial score (nSPS) is 11.0. The second kappa shape index (κ2) is 7.71. The lowest BCUT2D eigenvalue weighted by Gasteiger charge is -2.11. The Labute approximate surface area is 167 Å². The highest BCUT2D eigenvalue weighted by Gasteiger charge is 2.15. The molecular weight excluding hydrogens is 366 g/mol. The lowest BCUT2D eigenvalue weighted by molar-refractivity contribution is -0.116. The fourth-order valence-corrected chi connectivity index (χ4v) is 3.29. The summed E-state index contributed by atoms with van der Waals surface area (Å²) >= 11 is 0. The van der Waals surface area contributed by atoms with Crippen LogP contribution in [0.3, 0.4) is 0 Å². The molecule has 0 saturated carbocycles. The zero-order valence-corrected chi connectivity index (χ0v) is 16.3. The van der Waals surface area contributed by atoms with E-state index in [1.807, 2.05) is 61.5 Å². The molecule has 0 bridgehead atoms. The molecule has 146 valence electrons. The Hall–Kier alpha value is -3.74. The van der Waals surface area contributed by atoms with E-state index in [9.17, 15) is 9.59 Å². The zero-order chi connectivity index (χ0) is 20.4. The summed E-state index contributed by atoms with van der Waals surface area (Å²) in [6, 6.07) is 17.1. The van der Waals surface area contributed by atoms with Crippen LogP contribution in [0, 0.1) is 13.8 Å². The highest BCUT2D eigenvalue weighted by molar-refractivity contribution is 5.90. The molecule has 29 heavy (non-hydrogen) atoms. The van der Waals surface area contributed by atoms with Crippen molar-refractivity contribution in [1.29, 1.82) is 0 Å². The molecule has 0 atom stereocenters. The summed E-state index contributed by atoms with van der Waals surface area (Å²) in [4.78, 5) is 29.8. The molecule has 0 fully saturated rings. The van der Waals surface area contributed by atoms with Crippen molar-refractivity contribution < 1.29 is 4.79 Å². The van der Waals surface area contributed by atoms with E-state index < -0.39 is 0 Å². The molecule has 2 aromatic carbocycles. The van der Waals surface area contributed by atoms with Crippen LogP contribution >= 0.6 is 0 Å². The number of nitrogens with one attached hydrogen (secondary N) is 1.